The number of fused-ring (bicyclic) bond motifs is 2. The number of methoxy groups -OCH3 is 1. The van der Waals surface area contributed by atoms with Gasteiger partial charge in [-0.25, -0.2) is 19.2 Å². The molecule has 1 saturated carbocycles. The molecular formula is C35H39N9O4. The molecule has 1 aromatic carbocycles. The maximum atomic E-state index is 13.7. The Balaban J connectivity index is 1.05. The number of piperidine rings is 1. The van der Waals surface area contributed by atoms with Crippen molar-refractivity contribution >= 4 is 22.9 Å². The number of carbonyl (C=O) groups is 1. The first-order valence-electron chi connectivity index (χ1n) is 16.7. The van der Waals surface area contributed by atoms with Gasteiger partial charge in [0, 0.05) is 48.6 Å². The topological polar surface area (TPSA) is 158 Å². The first kappa shape index (κ1) is 30.3. The third-order valence-corrected chi connectivity index (χ3v) is 10.1. The fourth-order valence-corrected chi connectivity index (χ4v) is 7.42. The van der Waals surface area contributed by atoms with Gasteiger partial charge >= 0.3 is 0 Å². The van der Waals surface area contributed by atoms with E-state index < -0.39 is 5.91 Å². The molecule has 5 aromatic rings. The second-order valence-electron chi connectivity index (χ2n) is 13.1. The number of anilines is 2. The van der Waals surface area contributed by atoms with E-state index in [0.717, 1.165) is 79.6 Å². The van der Waals surface area contributed by atoms with Gasteiger partial charge in [-0.3, -0.25) is 19.2 Å². The van der Waals surface area contributed by atoms with Crippen LogP contribution in [0.15, 0.2) is 59.8 Å². The molecule has 13 heteroatoms. The number of amides is 1. The third-order valence-electron chi connectivity index (χ3n) is 10.1. The van der Waals surface area contributed by atoms with E-state index in [4.69, 9.17) is 10.5 Å². The zero-order valence-corrected chi connectivity index (χ0v) is 26.9. The summed E-state index contributed by atoms with van der Waals surface area (Å²) < 4.78 is 10.5. The molecule has 3 aliphatic rings. The van der Waals surface area contributed by atoms with E-state index in [9.17, 15) is 14.7 Å². The van der Waals surface area contributed by atoms with E-state index in [1.807, 2.05) is 33.5 Å². The predicted octanol–water partition coefficient (Wildman–Crippen LogP) is 3.83. The molecule has 2 fully saturated rings. The number of nitrogens with zero attached hydrogens (tertiary/aromatic N) is 7. The maximum absolute atomic E-state index is 13.7. The van der Waals surface area contributed by atoms with Crippen molar-refractivity contribution < 1.29 is 14.6 Å². The molecule has 1 saturated heterocycles. The van der Waals surface area contributed by atoms with E-state index in [2.05, 4.69) is 31.3 Å². The molecule has 48 heavy (non-hydrogen) atoms. The number of aromatic nitrogens is 6. The average molecular weight is 650 g/mol. The fraction of sp³-hybridized carbons (Fsp3) is 0.400. The number of carbonyl (C=O) groups excluding carboxylic acids is 1. The van der Waals surface area contributed by atoms with Crippen LogP contribution in [0.3, 0.4) is 0 Å². The number of nitrogens with one attached hydrogen (secondary N) is 1. The molecule has 6 heterocycles. The second-order valence-corrected chi connectivity index (χ2v) is 13.1. The Morgan fingerprint density at radius 3 is 2.54 bits per heavy atom. The molecule has 0 spiro atoms. The van der Waals surface area contributed by atoms with Crippen LogP contribution in [0.1, 0.15) is 66.2 Å². The van der Waals surface area contributed by atoms with Crippen LogP contribution in [-0.2, 0) is 13.0 Å². The number of aliphatic hydroxyl groups excluding tert-OH is 1. The van der Waals surface area contributed by atoms with E-state index in [1.165, 1.54) is 13.4 Å². The van der Waals surface area contributed by atoms with E-state index in [-0.39, 0.29) is 23.3 Å². The van der Waals surface area contributed by atoms with Crippen LogP contribution in [-0.4, -0.2) is 71.3 Å². The lowest BCUT2D eigenvalue weighted by Gasteiger charge is -2.35. The number of aliphatic hydroxyl groups is 1. The molecule has 4 aromatic heterocycles. The summed E-state index contributed by atoms with van der Waals surface area (Å²) in [5, 5.41) is 18.2. The van der Waals surface area contributed by atoms with Crippen LogP contribution >= 0.6 is 0 Å². The Labute approximate surface area is 277 Å². The summed E-state index contributed by atoms with van der Waals surface area (Å²) in [7, 11) is 1.54. The van der Waals surface area contributed by atoms with Gasteiger partial charge in [-0.15, -0.1) is 0 Å². The number of nitrogens with two attached hydrogens (primary N) is 1. The van der Waals surface area contributed by atoms with Gasteiger partial charge in [0.1, 0.15) is 23.6 Å². The summed E-state index contributed by atoms with van der Waals surface area (Å²) in [4.78, 5) is 38.2. The highest BCUT2D eigenvalue weighted by Crippen LogP contribution is 2.39. The summed E-state index contributed by atoms with van der Waals surface area (Å²) in [6, 6.07) is 13.2. The van der Waals surface area contributed by atoms with Crippen LogP contribution in [0.25, 0.3) is 22.3 Å². The van der Waals surface area contributed by atoms with Gasteiger partial charge in [0.05, 0.1) is 24.7 Å². The van der Waals surface area contributed by atoms with Gasteiger partial charge < -0.3 is 20.9 Å². The van der Waals surface area contributed by atoms with Gasteiger partial charge in [0.15, 0.2) is 5.82 Å². The highest BCUT2D eigenvalue weighted by Gasteiger charge is 2.36. The Morgan fingerprint density at radius 2 is 1.83 bits per heavy atom. The van der Waals surface area contributed by atoms with Crippen LogP contribution < -0.4 is 21.3 Å². The molecule has 13 nitrogen and oxygen atoms in total. The normalized spacial score (nSPS) is 17.7. The number of benzene rings is 1. The number of likely N-dealkylation sites (tertiary alicyclic amines) is 1. The van der Waals surface area contributed by atoms with E-state index in [0.29, 0.717) is 42.0 Å². The van der Waals surface area contributed by atoms with Crippen LogP contribution in [0.2, 0.25) is 0 Å². The molecule has 248 valence electrons. The minimum absolute atomic E-state index is 0.151. The Hall–Kier alpha value is -5.01. The average Bonchev–Trinajstić information content (AvgIpc) is 3.83. The highest BCUT2D eigenvalue weighted by molar-refractivity contribution is 6.05. The highest BCUT2D eigenvalue weighted by atomic mass is 16.5. The summed E-state index contributed by atoms with van der Waals surface area (Å²) in [6.45, 7) is 2.32. The molecule has 1 atom stereocenters. The standard InChI is InChI=1S/C35H39N9O4/c1-48-29-12-11-25(19-37-29)44-35(47)30(27-4-2-3-15-42(27)44)33(45)40-24-9-7-21(8-10-24)26-18-28(43-31(26)32(36)38-20-39-43)22-13-16-41(17-14-22)34(46)23-5-6-23/h7-12,18-20,22-23,34,46H,2-6,13-17H2,1H3,(H,40,45)(H2,36,38,39). The lowest BCUT2D eigenvalue weighted by Crippen LogP contribution is -2.42. The molecule has 8 rings (SSSR count). The van der Waals surface area contributed by atoms with Gasteiger partial charge in [0.25, 0.3) is 11.5 Å². The van der Waals surface area contributed by atoms with Crippen molar-refractivity contribution in [1.82, 2.24) is 33.8 Å². The third kappa shape index (κ3) is 5.32. The zero-order chi connectivity index (χ0) is 32.9. The molecule has 1 aliphatic carbocycles. The quantitative estimate of drug-likeness (QED) is 0.227. The zero-order valence-electron chi connectivity index (χ0n) is 26.9. The Morgan fingerprint density at radius 1 is 1.04 bits per heavy atom. The van der Waals surface area contributed by atoms with Crippen molar-refractivity contribution in [2.75, 3.05) is 31.2 Å². The lowest BCUT2D eigenvalue weighted by atomic mass is 9.92. The molecule has 4 N–H and O–H groups in total. The Kier molecular flexibility index (Phi) is 7.72. The summed E-state index contributed by atoms with van der Waals surface area (Å²) in [6.07, 6.45) is 9.27. The minimum Gasteiger partial charge on any atom is -0.481 e. The summed E-state index contributed by atoms with van der Waals surface area (Å²) in [5.74, 6) is 1.10. The van der Waals surface area contributed by atoms with Crippen molar-refractivity contribution in [3.63, 3.8) is 0 Å². The van der Waals surface area contributed by atoms with Crippen molar-refractivity contribution in [3.05, 3.63) is 82.3 Å². The largest absolute Gasteiger partial charge is 0.481 e. The van der Waals surface area contributed by atoms with Gasteiger partial charge in [-0.1, -0.05) is 12.1 Å². The van der Waals surface area contributed by atoms with E-state index in [1.54, 1.807) is 23.0 Å². The molecular weight excluding hydrogens is 610 g/mol. The van der Waals surface area contributed by atoms with Crippen molar-refractivity contribution in [1.29, 1.82) is 0 Å². The number of nitrogen functional groups attached to an aromatic ring is 1. The van der Waals surface area contributed by atoms with Gasteiger partial charge in [-0.2, -0.15) is 5.10 Å². The number of hydrogen-bond donors (Lipinski definition) is 3. The van der Waals surface area contributed by atoms with Crippen molar-refractivity contribution in [2.24, 2.45) is 5.92 Å². The number of ether oxygens (including phenoxy) is 1. The number of rotatable bonds is 8. The smallest absolute Gasteiger partial charge is 0.284 e. The SMILES string of the molecule is COc1ccc(-n2c(=O)c(C(=O)Nc3ccc(-c4cc(C5CCN(C(O)C6CC6)CC5)n5ncnc(N)c45)cc3)c3n2CCCC3)cn1. The first-order valence-corrected chi connectivity index (χ1v) is 16.7. The van der Waals surface area contributed by atoms with Crippen LogP contribution in [0.5, 0.6) is 5.88 Å². The molecule has 1 unspecified atom stereocenters. The van der Waals surface area contributed by atoms with Crippen LogP contribution in [0, 0.1) is 5.92 Å². The Bertz CT molecular complexity index is 2040. The van der Waals surface area contributed by atoms with Gasteiger partial charge in [0.2, 0.25) is 5.88 Å². The molecule has 1 amide bonds. The second kappa shape index (κ2) is 12.2. The monoisotopic (exact) mass is 649 g/mol. The number of hydrogen-bond acceptors (Lipinski definition) is 9. The first-order chi connectivity index (χ1) is 23.4. The fourth-order valence-electron chi connectivity index (χ4n) is 7.42. The predicted molar refractivity (Wildman–Crippen MR) is 180 cm³/mol. The van der Waals surface area contributed by atoms with E-state index >= 15 is 0 Å². The minimum atomic E-state index is -0.439. The number of pyridine rings is 1. The molecule has 2 aliphatic heterocycles. The van der Waals surface area contributed by atoms with Crippen LogP contribution in [0.4, 0.5) is 11.5 Å². The van der Waals surface area contributed by atoms with Crippen molar-refractivity contribution in [2.45, 2.75) is 63.6 Å². The summed E-state index contributed by atoms with van der Waals surface area (Å²) >= 11 is 0. The molecule has 0 bridgehead atoms. The maximum Gasteiger partial charge on any atom is 0.284 e. The van der Waals surface area contributed by atoms with Crippen molar-refractivity contribution in [3.8, 4) is 22.7 Å². The summed E-state index contributed by atoms with van der Waals surface area (Å²) in [5.41, 5.74) is 11.7. The lowest BCUT2D eigenvalue weighted by molar-refractivity contribution is -0.0265. The van der Waals surface area contributed by atoms with Gasteiger partial charge in [-0.05, 0) is 80.7 Å². The molecule has 0 radical (unpaired) electrons.